The van der Waals surface area contributed by atoms with E-state index in [1.54, 1.807) is 6.92 Å². The summed E-state index contributed by atoms with van der Waals surface area (Å²) in [5.41, 5.74) is 0.310. The second-order valence-corrected chi connectivity index (χ2v) is 5.73. The van der Waals surface area contributed by atoms with Crippen LogP contribution in [0.2, 0.25) is 0 Å². The Kier molecular flexibility index (Phi) is 4.24. The van der Waals surface area contributed by atoms with Crippen LogP contribution in [-0.4, -0.2) is 42.5 Å². The predicted molar refractivity (Wildman–Crippen MR) is 58.7 cm³/mol. The average Bonchev–Trinajstić information content (AvgIpc) is 2.59. The first-order valence-corrected chi connectivity index (χ1v) is 6.50. The Hall–Kier alpha value is -1.41. The van der Waals surface area contributed by atoms with Gasteiger partial charge in [-0.3, -0.25) is 4.79 Å². The van der Waals surface area contributed by atoms with E-state index in [0.717, 1.165) is 4.31 Å². The molecule has 0 atom stereocenters. The maximum atomic E-state index is 11.8. The highest BCUT2D eigenvalue weighted by molar-refractivity contribution is 7.88. The first-order valence-electron chi connectivity index (χ1n) is 4.89. The van der Waals surface area contributed by atoms with Crippen LogP contribution in [0.4, 0.5) is 0 Å². The molecular weight excluding hydrogens is 248 g/mol. The number of rotatable bonds is 6. The zero-order valence-electron chi connectivity index (χ0n) is 9.58. The average molecular weight is 262 g/mol. The van der Waals surface area contributed by atoms with Crippen LogP contribution in [0.1, 0.15) is 17.9 Å². The lowest BCUT2D eigenvalue weighted by atomic mass is 10.4. The number of hydrogen-bond acceptors (Lipinski definition) is 5. The lowest BCUT2D eigenvalue weighted by Crippen LogP contribution is -2.30. The molecule has 1 aromatic heterocycles. The van der Waals surface area contributed by atoms with Crippen LogP contribution in [0.15, 0.2) is 10.6 Å². The molecule has 1 heterocycles. The first-order chi connectivity index (χ1) is 7.81. The molecule has 1 N–H and O–H groups in total. The second kappa shape index (κ2) is 5.28. The summed E-state index contributed by atoms with van der Waals surface area (Å²) in [5, 5.41) is 12.1. The highest BCUT2D eigenvalue weighted by Crippen LogP contribution is 2.10. The van der Waals surface area contributed by atoms with E-state index in [2.05, 4.69) is 5.16 Å². The second-order valence-electron chi connectivity index (χ2n) is 3.65. The van der Waals surface area contributed by atoms with Gasteiger partial charge in [0.15, 0.2) is 0 Å². The monoisotopic (exact) mass is 262 g/mol. The largest absolute Gasteiger partial charge is 0.481 e. The van der Waals surface area contributed by atoms with E-state index >= 15 is 0 Å². The summed E-state index contributed by atoms with van der Waals surface area (Å²) in [6.07, 6.45) is -0.229. The molecule has 0 fully saturated rings. The van der Waals surface area contributed by atoms with Crippen LogP contribution in [0.5, 0.6) is 0 Å². The van der Waals surface area contributed by atoms with Gasteiger partial charge in [0.2, 0.25) is 10.0 Å². The minimum Gasteiger partial charge on any atom is -0.481 e. The standard InChI is InChI=1S/C9H14N2O5S/c1-7-5-8(10-16-7)6-17(14,15)11(2)4-3-9(12)13/h5H,3-4,6H2,1-2H3,(H,12,13). The van der Waals surface area contributed by atoms with Crippen molar-refractivity contribution < 1.29 is 22.8 Å². The highest BCUT2D eigenvalue weighted by atomic mass is 32.2. The third-order valence-corrected chi connectivity index (χ3v) is 3.92. The van der Waals surface area contributed by atoms with Gasteiger partial charge in [-0.25, -0.2) is 12.7 Å². The third kappa shape index (κ3) is 4.16. The van der Waals surface area contributed by atoms with Gasteiger partial charge < -0.3 is 9.63 Å². The lowest BCUT2D eigenvalue weighted by Gasteiger charge is -2.14. The highest BCUT2D eigenvalue weighted by Gasteiger charge is 2.20. The van der Waals surface area contributed by atoms with E-state index in [4.69, 9.17) is 9.63 Å². The lowest BCUT2D eigenvalue weighted by molar-refractivity contribution is -0.137. The van der Waals surface area contributed by atoms with Gasteiger partial charge in [-0.05, 0) is 6.92 Å². The molecule has 0 bridgehead atoms. The molecule has 1 aromatic rings. The van der Waals surface area contributed by atoms with Gasteiger partial charge in [0, 0.05) is 19.7 Å². The summed E-state index contributed by atoms with van der Waals surface area (Å²) in [7, 11) is -2.21. The quantitative estimate of drug-likeness (QED) is 0.787. The Balaban J connectivity index is 2.64. The Morgan fingerprint density at radius 2 is 2.24 bits per heavy atom. The fraction of sp³-hybridized carbons (Fsp3) is 0.556. The van der Waals surface area contributed by atoms with Crippen LogP contribution in [0.3, 0.4) is 0 Å². The molecule has 1 rings (SSSR count). The number of aliphatic carboxylic acids is 1. The van der Waals surface area contributed by atoms with Crippen LogP contribution >= 0.6 is 0 Å². The number of carbonyl (C=O) groups is 1. The Bertz CT molecular complexity index is 493. The molecular formula is C9H14N2O5S. The van der Waals surface area contributed by atoms with Crippen LogP contribution in [0, 0.1) is 6.92 Å². The molecule has 0 unspecified atom stereocenters. The fourth-order valence-corrected chi connectivity index (χ4v) is 2.27. The summed E-state index contributed by atoms with van der Waals surface area (Å²) >= 11 is 0. The molecule has 0 amide bonds. The van der Waals surface area contributed by atoms with E-state index < -0.39 is 16.0 Å². The maximum Gasteiger partial charge on any atom is 0.304 e. The van der Waals surface area contributed by atoms with Crippen molar-refractivity contribution in [3.8, 4) is 0 Å². The van der Waals surface area contributed by atoms with Crippen molar-refractivity contribution in [2.24, 2.45) is 0 Å². The van der Waals surface area contributed by atoms with Crippen LogP contribution < -0.4 is 0 Å². The van der Waals surface area contributed by atoms with Crippen molar-refractivity contribution in [3.05, 3.63) is 17.5 Å². The molecule has 0 aliphatic rings. The van der Waals surface area contributed by atoms with Gasteiger partial charge in [-0.2, -0.15) is 0 Å². The van der Waals surface area contributed by atoms with E-state index in [9.17, 15) is 13.2 Å². The summed E-state index contributed by atoms with van der Waals surface area (Å²) in [4.78, 5) is 10.3. The smallest absolute Gasteiger partial charge is 0.304 e. The normalized spacial score (nSPS) is 11.9. The molecule has 0 aliphatic carbocycles. The van der Waals surface area contributed by atoms with Gasteiger partial charge in [0.25, 0.3) is 0 Å². The Morgan fingerprint density at radius 3 is 2.71 bits per heavy atom. The van der Waals surface area contributed by atoms with Gasteiger partial charge in [0.1, 0.15) is 17.2 Å². The van der Waals surface area contributed by atoms with Crippen molar-refractivity contribution >= 4 is 16.0 Å². The van der Waals surface area contributed by atoms with Crippen molar-refractivity contribution in [2.45, 2.75) is 19.1 Å². The number of aromatic nitrogens is 1. The number of nitrogens with zero attached hydrogens (tertiary/aromatic N) is 2. The minimum absolute atomic E-state index is 0.0610. The topological polar surface area (TPSA) is 101 Å². The van der Waals surface area contributed by atoms with Crippen LogP contribution in [-0.2, 0) is 20.6 Å². The first kappa shape index (κ1) is 13.7. The maximum absolute atomic E-state index is 11.8. The van der Waals surface area contributed by atoms with Gasteiger partial charge in [-0.15, -0.1) is 0 Å². The minimum atomic E-state index is -3.55. The van der Waals surface area contributed by atoms with Crippen LogP contribution in [0.25, 0.3) is 0 Å². The third-order valence-electron chi connectivity index (χ3n) is 2.12. The van der Waals surface area contributed by atoms with Crippen molar-refractivity contribution in [1.82, 2.24) is 9.46 Å². The zero-order chi connectivity index (χ0) is 13.1. The number of hydrogen-bond donors (Lipinski definition) is 1. The number of carboxylic acid groups (broad SMARTS) is 1. The van der Waals surface area contributed by atoms with E-state index in [-0.39, 0.29) is 18.7 Å². The van der Waals surface area contributed by atoms with E-state index in [1.807, 2.05) is 0 Å². The molecule has 96 valence electrons. The van der Waals surface area contributed by atoms with Crippen molar-refractivity contribution in [2.75, 3.05) is 13.6 Å². The van der Waals surface area contributed by atoms with E-state index in [1.165, 1.54) is 13.1 Å². The molecule has 0 aromatic carbocycles. The zero-order valence-corrected chi connectivity index (χ0v) is 10.4. The summed E-state index contributed by atoms with van der Waals surface area (Å²) < 4.78 is 29.3. The molecule has 0 saturated heterocycles. The molecule has 0 spiro atoms. The van der Waals surface area contributed by atoms with Gasteiger partial charge in [-0.1, -0.05) is 5.16 Å². The fourth-order valence-electron chi connectivity index (χ4n) is 1.18. The van der Waals surface area contributed by atoms with E-state index in [0.29, 0.717) is 11.5 Å². The molecule has 17 heavy (non-hydrogen) atoms. The summed E-state index contributed by atoms with van der Waals surface area (Å²) in [6.45, 7) is 1.60. The number of sulfonamides is 1. The molecule has 0 aliphatic heterocycles. The van der Waals surface area contributed by atoms with Crippen molar-refractivity contribution in [1.29, 1.82) is 0 Å². The number of carboxylic acids is 1. The number of aryl methyl sites for hydroxylation is 1. The molecule has 7 nitrogen and oxygen atoms in total. The molecule has 0 radical (unpaired) electrons. The Labute approximate surface area is 99.1 Å². The van der Waals surface area contributed by atoms with Gasteiger partial charge >= 0.3 is 5.97 Å². The molecule has 0 saturated carbocycles. The van der Waals surface area contributed by atoms with Crippen molar-refractivity contribution in [3.63, 3.8) is 0 Å². The van der Waals surface area contributed by atoms with Gasteiger partial charge in [0.05, 0.1) is 6.42 Å². The Morgan fingerprint density at radius 1 is 1.59 bits per heavy atom. The summed E-state index contributed by atoms with van der Waals surface area (Å²) in [5.74, 6) is -0.798. The summed E-state index contributed by atoms with van der Waals surface area (Å²) in [6, 6.07) is 1.53. The SMILES string of the molecule is Cc1cc(CS(=O)(=O)N(C)CCC(=O)O)no1. The predicted octanol–water partition coefficient (Wildman–Crippen LogP) is 0.219. The molecule has 8 heteroatoms.